The van der Waals surface area contributed by atoms with E-state index in [0.29, 0.717) is 18.5 Å². The molecule has 1 aromatic carbocycles. The van der Waals surface area contributed by atoms with E-state index >= 15 is 0 Å². The summed E-state index contributed by atoms with van der Waals surface area (Å²) >= 11 is 2.11. The molecule has 96 valence electrons. The molecule has 2 amide bonds. The zero-order valence-electron chi connectivity index (χ0n) is 9.57. The highest BCUT2D eigenvalue weighted by Gasteiger charge is 2.45. The van der Waals surface area contributed by atoms with E-state index in [1.807, 2.05) is 18.2 Å². The van der Waals surface area contributed by atoms with Crippen LogP contribution in [0.2, 0.25) is 0 Å². The summed E-state index contributed by atoms with van der Waals surface area (Å²) in [6.45, 7) is 0. The van der Waals surface area contributed by atoms with Crippen LogP contribution in [0.1, 0.15) is 19.3 Å². The molecule has 2 rings (SSSR count). The van der Waals surface area contributed by atoms with Gasteiger partial charge in [0.1, 0.15) is 5.54 Å². The third-order valence-corrected chi connectivity index (χ3v) is 4.03. The summed E-state index contributed by atoms with van der Waals surface area (Å²) in [7, 11) is 0. The molecule has 0 heterocycles. The van der Waals surface area contributed by atoms with Crippen LogP contribution < -0.4 is 10.6 Å². The number of carbonyl (C=O) groups excluding carboxylic acids is 1. The number of hydrogen-bond acceptors (Lipinski definition) is 2. The summed E-state index contributed by atoms with van der Waals surface area (Å²) in [5.74, 6) is -0.966. The summed E-state index contributed by atoms with van der Waals surface area (Å²) in [6, 6.07) is 6.85. The number of halogens is 1. The van der Waals surface area contributed by atoms with Crippen LogP contribution in [0.15, 0.2) is 24.3 Å². The van der Waals surface area contributed by atoms with Crippen molar-refractivity contribution in [3.63, 3.8) is 0 Å². The predicted octanol–water partition coefficient (Wildman–Crippen LogP) is 2.42. The van der Waals surface area contributed by atoms with E-state index in [1.165, 1.54) is 0 Å². The van der Waals surface area contributed by atoms with Gasteiger partial charge in [0.05, 0.1) is 5.69 Å². The van der Waals surface area contributed by atoms with Gasteiger partial charge >= 0.3 is 12.0 Å². The predicted molar refractivity (Wildman–Crippen MR) is 75.5 cm³/mol. The smallest absolute Gasteiger partial charge is 0.329 e. The molecule has 18 heavy (non-hydrogen) atoms. The van der Waals surface area contributed by atoms with Crippen molar-refractivity contribution in [3.05, 3.63) is 27.8 Å². The van der Waals surface area contributed by atoms with Gasteiger partial charge in [0, 0.05) is 3.57 Å². The Kier molecular flexibility index (Phi) is 3.74. The second kappa shape index (κ2) is 5.13. The molecule has 1 saturated carbocycles. The number of nitrogens with one attached hydrogen (secondary N) is 2. The van der Waals surface area contributed by atoms with E-state index in [4.69, 9.17) is 5.11 Å². The number of benzene rings is 1. The highest BCUT2D eigenvalue weighted by molar-refractivity contribution is 14.1. The largest absolute Gasteiger partial charge is 0.480 e. The molecule has 1 aliphatic rings. The van der Waals surface area contributed by atoms with E-state index in [-0.39, 0.29) is 0 Å². The molecule has 0 radical (unpaired) electrons. The number of carbonyl (C=O) groups is 2. The Balaban J connectivity index is 2.01. The van der Waals surface area contributed by atoms with Crippen LogP contribution in [0.3, 0.4) is 0 Å². The Morgan fingerprint density at radius 1 is 1.28 bits per heavy atom. The van der Waals surface area contributed by atoms with E-state index in [1.54, 1.807) is 6.07 Å². The van der Waals surface area contributed by atoms with E-state index in [2.05, 4.69) is 33.2 Å². The lowest BCUT2D eigenvalue weighted by atomic mass is 9.77. The molecular weight excluding hydrogens is 347 g/mol. The summed E-state index contributed by atoms with van der Waals surface area (Å²) in [6.07, 6.45) is 1.80. The summed E-state index contributed by atoms with van der Waals surface area (Å²) < 4.78 is 0.906. The van der Waals surface area contributed by atoms with Crippen LogP contribution >= 0.6 is 22.6 Å². The molecule has 0 aromatic heterocycles. The van der Waals surface area contributed by atoms with Gasteiger partial charge in [0.15, 0.2) is 0 Å². The summed E-state index contributed by atoms with van der Waals surface area (Å²) in [5, 5.41) is 14.3. The number of carboxylic acids is 1. The second-order valence-electron chi connectivity index (χ2n) is 4.30. The molecule has 0 atom stereocenters. The van der Waals surface area contributed by atoms with E-state index in [9.17, 15) is 9.59 Å². The van der Waals surface area contributed by atoms with Crippen LogP contribution in [0, 0.1) is 3.57 Å². The first kappa shape index (κ1) is 13.1. The molecule has 1 aliphatic carbocycles. The lowest BCUT2D eigenvalue weighted by Gasteiger charge is -2.38. The molecule has 5 nitrogen and oxygen atoms in total. The average Bonchev–Trinajstić information content (AvgIpc) is 2.26. The van der Waals surface area contributed by atoms with Gasteiger partial charge < -0.3 is 15.7 Å². The molecular formula is C12H13IN2O3. The Morgan fingerprint density at radius 2 is 1.94 bits per heavy atom. The maximum atomic E-state index is 11.8. The van der Waals surface area contributed by atoms with Gasteiger partial charge in [-0.15, -0.1) is 0 Å². The number of para-hydroxylation sites is 1. The van der Waals surface area contributed by atoms with E-state index in [0.717, 1.165) is 9.99 Å². The Morgan fingerprint density at radius 3 is 2.44 bits per heavy atom. The Bertz CT molecular complexity index is 486. The quantitative estimate of drug-likeness (QED) is 0.725. The highest BCUT2D eigenvalue weighted by atomic mass is 127. The van der Waals surface area contributed by atoms with Gasteiger partial charge in [-0.05, 0) is 54.0 Å². The molecule has 6 heteroatoms. The zero-order valence-corrected chi connectivity index (χ0v) is 11.7. The van der Waals surface area contributed by atoms with Crippen molar-refractivity contribution >= 4 is 40.3 Å². The van der Waals surface area contributed by atoms with E-state index < -0.39 is 17.5 Å². The maximum absolute atomic E-state index is 11.8. The standard InChI is InChI=1S/C12H13IN2O3/c13-8-4-1-2-5-9(8)14-11(18)15-12(10(16)17)6-3-7-12/h1-2,4-5H,3,6-7H2,(H,16,17)(H2,14,15,18). The molecule has 0 saturated heterocycles. The van der Waals surface area contributed by atoms with Crippen LogP contribution in [0.4, 0.5) is 10.5 Å². The minimum Gasteiger partial charge on any atom is -0.480 e. The summed E-state index contributed by atoms with van der Waals surface area (Å²) in [4.78, 5) is 22.9. The van der Waals surface area contributed by atoms with Crippen LogP contribution in [0.25, 0.3) is 0 Å². The molecule has 3 N–H and O–H groups in total. The van der Waals surface area contributed by atoms with Crippen molar-refractivity contribution in [1.82, 2.24) is 5.32 Å². The molecule has 0 unspecified atom stereocenters. The van der Waals surface area contributed by atoms with Gasteiger partial charge in [-0.25, -0.2) is 9.59 Å². The number of aliphatic carboxylic acids is 1. The van der Waals surface area contributed by atoms with Crippen molar-refractivity contribution < 1.29 is 14.7 Å². The molecule has 1 aromatic rings. The van der Waals surface area contributed by atoms with Crippen molar-refractivity contribution in [2.75, 3.05) is 5.32 Å². The van der Waals surface area contributed by atoms with Gasteiger partial charge in [-0.1, -0.05) is 12.1 Å². The molecule has 1 fully saturated rings. The lowest BCUT2D eigenvalue weighted by molar-refractivity contribution is -0.148. The topological polar surface area (TPSA) is 78.4 Å². The van der Waals surface area contributed by atoms with Crippen molar-refractivity contribution in [2.24, 2.45) is 0 Å². The number of amides is 2. The van der Waals surface area contributed by atoms with Crippen molar-refractivity contribution in [3.8, 4) is 0 Å². The molecule has 0 bridgehead atoms. The number of urea groups is 1. The number of rotatable bonds is 3. The van der Waals surface area contributed by atoms with Gasteiger partial charge in [0.25, 0.3) is 0 Å². The fourth-order valence-electron chi connectivity index (χ4n) is 1.86. The number of hydrogen-bond donors (Lipinski definition) is 3. The van der Waals surface area contributed by atoms with Gasteiger partial charge in [-0.3, -0.25) is 0 Å². The Hall–Kier alpha value is -1.31. The first-order valence-electron chi connectivity index (χ1n) is 5.61. The van der Waals surface area contributed by atoms with Crippen LogP contribution in [0.5, 0.6) is 0 Å². The second-order valence-corrected chi connectivity index (χ2v) is 5.46. The lowest BCUT2D eigenvalue weighted by Crippen LogP contribution is -2.60. The monoisotopic (exact) mass is 360 g/mol. The third-order valence-electron chi connectivity index (χ3n) is 3.09. The third kappa shape index (κ3) is 2.58. The van der Waals surface area contributed by atoms with Crippen LogP contribution in [-0.2, 0) is 4.79 Å². The fraction of sp³-hybridized carbons (Fsp3) is 0.333. The first-order valence-corrected chi connectivity index (χ1v) is 6.68. The number of carboxylic acid groups (broad SMARTS) is 1. The first-order chi connectivity index (χ1) is 8.53. The Labute approximate surface area is 118 Å². The summed E-state index contributed by atoms with van der Waals surface area (Å²) in [5.41, 5.74) is -0.403. The normalized spacial score (nSPS) is 16.5. The number of anilines is 1. The highest BCUT2D eigenvalue weighted by Crippen LogP contribution is 2.32. The zero-order chi connectivity index (χ0) is 13.2. The minimum atomic E-state index is -1.08. The maximum Gasteiger partial charge on any atom is 0.329 e. The minimum absolute atomic E-state index is 0.471. The molecule has 0 aliphatic heterocycles. The van der Waals surface area contributed by atoms with Crippen molar-refractivity contribution in [1.29, 1.82) is 0 Å². The average molecular weight is 360 g/mol. The fourth-order valence-corrected chi connectivity index (χ4v) is 2.38. The SMILES string of the molecule is O=C(Nc1ccccc1I)NC1(C(=O)O)CCC1. The van der Waals surface area contributed by atoms with Crippen molar-refractivity contribution in [2.45, 2.75) is 24.8 Å². The molecule has 0 spiro atoms. The van der Waals surface area contributed by atoms with Crippen LogP contribution in [-0.4, -0.2) is 22.6 Å². The van der Waals surface area contributed by atoms with Gasteiger partial charge in [0.2, 0.25) is 0 Å². The van der Waals surface area contributed by atoms with Gasteiger partial charge in [-0.2, -0.15) is 0 Å².